The fourth-order valence-corrected chi connectivity index (χ4v) is 0.779. The zero-order chi connectivity index (χ0) is 6.41. The van der Waals surface area contributed by atoms with Crippen LogP contribution in [0.2, 0.25) is 0 Å². The molecule has 0 aromatic carbocycles. The van der Waals surface area contributed by atoms with E-state index in [4.69, 9.17) is 0 Å². The van der Waals surface area contributed by atoms with Gasteiger partial charge in [-0.25, -0.2) is 3.53 Å². The van der Waals surface area contributed by atoms with Gasteiger partial charge in [-0.1, -0.05) is 0 Å². The summed E-state index contributed by atoms with van der Waals surface area (Å²) in [6, 6.07) is 0. The standard InChI is InChI=1S/C4H10IN3/c1-6-3-4(7-2)8-5/h3-4,7-8H,1-2H3. The lowest BCUT2D eigenvalue weighted by Gasteiger charge is -2.05. The summed E-state index contributed by atoms with van der Waals surface area (Å²) in [5, 5.41) is 2.98. The van der Waals surface area contributed by atoms with Crippen LogP contribution in [0.5, 0.6) is 0 Å². The Kier molecular flexibility index (Phi) is 5.67. The normalized spacial score (nSPS) is 14.9. The molecule has 0 saturated heterocycles. The maximum atomic E-state index is 3.82. The van der Waals surface area contributed by atoms with E-state index in [2.05, 4.69) is 36.7 Å². The van der Waals surface area contributed by atoms with Gasteiger partial charge in [-0.3, -0.25) is 10.3 Å². The molecule has 8 heavy (non-hydrogen) atoms. The Morgan fingerprint density at radius 3 is 2.50 bits per heavy atom. The van der Waals surface area contributed by atoms with E-state index in [1.165, 1.54) is 0 Å². The van der Waals surface area contributed by atoms with E-state index in [9.17, 15) is 0 Å². The van der Waals surface area contributed by atoms with E-state index in [-0.39, 0.29) is 6.17 Å². The molecule has 0 rings (SSSR count). The highest BCUT2D eigenvalue weighted by molar-refractivity contribution is 14.1. The van der Waals surface area contributed by atoms with E-state index in [1.54, 1.807) is 13.3 Å². The zero-order valence-electron chi connectivity index (χ0n) is 4.98. The van der Waals surface area contributed by atoms with Crippen LogP contribution < -0.4 is 8.85 Å². The summed E-state index contributed by atoms with van der Waals surface area (Å²) in [5.41, 5.74) is 0. The number of nitrogens with zero attached hydrogens (tertiary/aromatic N) is 1. The van der Waals surface area contributed by atoms with Gasteiger partial charge in [0.1, 0.15) is 6.17 Å². The minimum Gasteiger partial charge on any atom is -0.300 e. The predicted molar refractivity (Wildman–Crippen MR) is 44.4 cm³/mol. The Bertz CT molecular complexity index is 69.7. The number of nitrogens with one attached hydrogen (secondary N) is 2. The van der Waals surface area contributed by atoms with Crippen LogP contribution in [0.4, 0.5) is 0 Å². The highest BCUT2D eigenvalue weighted by atomic mass is 127. The zero-order valence-corrected chi connectivity index (χ0v) is 7.14. The van der Waals surface area contributed by atoms with Crippen molar-refractivity contribution in [1.82, 2.24) is 8.85 Å². The van der Waals surface area contributed by atoms with Crippen LogP contribution >= 0.6 is 22.9 Å². The molecule has 0 amide bonds. The van der Waals surface area contributed by atoms with E-state index < -0.39 is 0 Å². The van der Waals surface area contributed by atoms with Crippen LogP contribution in [-0.2, 0) is 0 Å². The van der Waals surface area contributed by atoms with Crippen LogP contribution in [0.25, 0.3) is 0 Å². The quantitative estimate of drug-likeness (QED) is 0.312. The third kappa shape index (κ3) is 3.34. The van der Waals surface area contributed by atoms with Crippen molar-refractivity contribution in [2.75, 3.05) is 14.1 Å². The second kappa shape index (κ2) is 5.46. The van der Waals surface area contributed by atoms with E-state index in [0.717, 1.165) is 0 Å². The molecule has 1 atom stereocenters. The van der Waals surface area contributed by atoms with Crippen LogP contribution in [0.1, 0.15) is 0 Å². The predicted octanol–water partition coefficient (Wildman–Crippen LogP) is 0.172. The third-order valence-electron chi connectivity index (χ3n) is 0.727. The molecule has 2 N–H and O–H groups in total. The molecule has 0 aliphatic heterocycles. The first-order chi connectivity index (χ1) is 3.85. The minimum absolute atomic E-state index is 0.195. The van der Waals surface area contributed by atoms with Crippen molar-refractivity contribution in [3.8, 4) is 0 Å². The summed E-state index contributed by atoms with van der Waals surface area (Å²) in [5.74, 6) is 0. The Hall–Kier alpha value is 0.320. The second-order valence-corrected chi connectivity index (χ2v) is 1.91. The highest BCUT2D eigenvalue weighted by Gasteiger charge is 1.93. The summed E-state index contributed by atoms with van der Waals surface area (Å²) in [6.45, 7) is 0. The van der Waals surface area contributed by atoms with Crippen molar-refractivity contribution in [2.24, 2.45) is 4.99 Å². The van der Waals surface area contributed by atoms with E-state index >= 15 is 0 Å². The number of hydrogen-bond donors (Lipinski definition) is 2. The van der Waals surface area contributed by atoms with Gasteiger partial charge < -0.3 is 0 Å². The summed E-state index contributed by atoms with van der Waals surface area (Å²) in [4.78, 5) is 3.82. The van der Waals surface area contributed by atoms with Gasteiger partial charge in [-0.2, -0.15) is 0 Å². The maximum Gasteiger partial charge on any atom is 0.102 e. The molecule has 0 saturated carbocycles. The summed E-state index contributed by atoms with van der Waals surface area (Å²) < 4.78 is 2.96. The Balaban J connectivity index is 3.36. The van der Waals surface area contributed by atoms with Crippen LogP contribution in [0.15, 0.2) is 4.99 Å². The molecular formula is C4H10IN3. The third-order valence-corrected chi connectivity index (χ3v) is 1.40. The fraction of sp³-hybridized carbons (Fsp3) is 0.750. The summed E-state index contributed by atoms with van der Waals surface area (Å²) in [6.07, 6.45) is 1.99. The van der Waals surface area contributed by atoms with Gasteiger partial charge in [0, 0.05) is 36.1 Å². The molecule has 0 heterocycles. The summed E-state index contributed by atoms with van der Waals surface area (Å²) in [7, 11) is 3.62. The molecule has 0 spiro atoms. The molecule has 48 valence electrons. The molecule has 4 heteroatoms. The Morgan fingerprint density at radius 2 is 2.38 bits per heavy atom. The number of rotatable bonds is 3. The van der Waals surface area contributed by atoms with Crippen molar-refractivity contribution in [3.63, 3.8) is 0 Å². The van der Waals surface area contributed by atoms with Crippen LogP contribution in [0, 0.1) is 0 Å². The Morgan fingerprint density at radius 1 is 1.75 bits per heavy atom. The topological polar surface area (TPSA) is 36.4 Å². The molecule has 1 unspecified atom stereocenters. The monoisotopic (exact) mass is 227 g/mol. The van der Waals surface area contributed by atoms with Gasteiger partial charge in [-0.15, -0.1) is 0 Å². The van der Waals surface area contributed by atoms with Crippen molar-refractivity contribution < 1.29 is 0 Å². The van der Waals surface area contributed by atoms with Crippen molar-refractivity contribution >= 4 is 29.1 Å². The lowest BCUT2D eigenvalue weighted by molar-refractivity contribution is 0.716. The molecule has 0 fully saturated rings. The van der Waals surface area contributed by atoms with Gasteiger partial charge in [-0.05, 0) is 7.05 Å². The van der Waals surface area contributed by atoms with Crippen molar-refractivity contribution in [1.29, 1.82) is 0 Å². The molecule has 0 aromatic heterocycles. The average Bonchev–Trinajstić information content (AvgIpc) is 1.83. The first-order valence-electron chi connectivity index (χ1n) is 2.31. The minimum atomic E-state index is 0.195. The average molecular weight is 227 g/mol. The Labute approximate surface area is 63.4 Å². The first kappa shape index (κ1) is 8.32. The molecule has 3 nitrogen and oxygen atoms in total. The van der Waals surface area contributed by atoms with Crippen LogP contribution in [-0.4, -0.2) is 26.5 Å². The number of halogens is 1. The molecule has 0 aliphatic rings. The summed E-state index contributed by atoms with van der Waals surface area (Å²) >= 11 is 2.07. The van der Waals surface area contributed by atoms with Crippen molar-refractivity contribution in [2.45, 2.75) is 6.17 Å². The van der Waals surface area contributed by atoms with E-state index in [1.807, 2.05) is 7.05 Å². The first-order valence-corrected chi connectivity index (χ1v) is 3.38. The smallest absolute Gasteiger partial charge is 0.102 e. The molecule has 0 radical (unpaired) electrons. The lowest BCUT2D eigenvalue weighted by Crippen LogP contribution is -2.35. The fourth-order valence-electron chi connectivity index (χ4n) is 0.306. The largest absolute Gasteiger partial charge is 0.300 e. The van der Waals surface area contributed by atoms with Crippen LogP contribution in [0.3, 0.4) is 0 Å². The maximum absolute atomic E-state index is 3.82. The molecule has 0 aromatic rings. The highest BCUT2D eigenvalue weighted by Crippen LogP contribution is 1.74. The molecule has 0 bridgehead atoms. The SMILES string of the molecule is CN=CC(NC)NI. The lowest BCUT2D eigenvalue weighted by atomic mass is 10.6. The second-order valence-electron chi connectivity index (χ2n) is 1.28. The van der Waals surface area contributed by atoms with Gasteiger partial charge in [0.15, 0.2) is 0 Å². The van der Waals surface area contributed by atoms with Gasteiger partial charge in [0.05, 0.1) is 0 Å². The van der Waals surface area contributed by atoms with E-state index in [0.29, 0.717) is 0 Å². The number of hydrogen-bond acceptors (Lipinski definition) is 3. The molecule has 0 aliphatic carbocycles. The van der Waals surface area contributed by atoms with Crippen molar-refractivity contribution in [3.05, 3.63) is 0 Å². The molecular weight excluding hydrogens is 217 g/mol. The number of aliphatic imine (C=N–C) groups is 1. The van der Waals surface area contributed by atoms with Gasteiger partial charge in [0.25, 0.3) is 0 Å². The van der Waals surface area contributed by atoms with Gasteiger partial charge in [0.2, 0.25) is 0 Å². The van der Waals surface area contributed by atoms with Gasteiger partial charge >= 0.3 is 0 Å².